The van der Waals surface area contributed by atoms with Crippen LogP contribution in [0.15, 0.2) is 87.3 Å². The van der Waals surface area contributed by atoms with E-state index >= 15 is 0 Å². The maximum absolute atomic E-state index is 13.3. The second-order valence-corrected chi connectivity index (χ2v) is 9.78. The summed E-state index contributed by atoms with van der Waals surface area (Å²) in [5, 5.41) is 13.7. The van der Waals surface area contributed by atoms with Crippen LogP contribution in [0, 0.1) is 0 Å². The van der Waals surface area contributed by atoms with Crippen molar-refractivity contribution in [2.24, 2.45) is 5.10 Å². The predicted molar refractivity (Wildman–Crippen MR) is 129 cm³/mol. The molecule has 3 rings (SSSR count). The number of hydrogen-bond acceptors (Lipinski definition) is 6. The molecule has 0 saturated heterocycles. The van der Waals surface area contributed by atoms with Crippen molar-refractivity contribution in [3.8, 4) is 11.5 Å². The summed E-state index contributed by atoms with van der Waals surface area (Å²) < 4.78 is 33.4. The van der Waals surface area contributed by atoms with Crippen molar-refractivity contribution < 1.29 is 23.1 Å². The monoisotopic (exact) mass is 531 g/mol. The Morgan fingerprint density at radius 3 is 2.48 bits per heavy atom. The maximum Gasteiger partial charge on any atom is 0.255 e. The number of ether oxygens (including phenoxy) is 1. The molecular weight excluding hydrogens is 510 g/mol. The number of methoxy groups -OCH3 is 1. The molecule has 0 aromatic heterocycles. The van der Waals surface area contributed by atoms with Crippen molar-refractivity contribution in [2.45, 2.75) is 11.4 Å². The molecule has 0 saturated carbocycles. The zero-order valence-electron chi connectivity index (χ0n) is 17.7. The van der Waals surface area contributed by atoms with Gasteiger partial charge in [-0.1, -0.05) is 46.3 Å². The highest BCUT2D eigenvalue weighted by molar-refractivity contribution is 9.10. The van der Waals surface area contributed by atoms with Crippen molar-refractivity contribution in [1.82, 2.24) is 9.73 Å². The molecule has 0 aliphatic carbocycles. The van der Waals surface area contributed by atoms with Crippen LogP contribution in [0.2, 0.25) is 0 Å². The molecule has 0 radical (unpaired) electrons. The molecule has 172 valence electrons. The van der Waals surface area contributed by atoms with E-state index in [4.69, 9.17) is 4.74 Å². The third-order valence-corrected chi connectivity index (χ3v) is 6.90. The lowest BCUT2D eigenvalue weighted by atomic mass is 10.2. The van der Waals surface area contributed by atoms with Gasteiger partial charge in [0.05, 0.1) is 24.8 Å². The molecular formula is C23H22BrN3O5S. The fraction of sp³-hybridized carbons (Fsp3) is 0.130. The normalized spacial score (nSPS) is 11.6. The summed E-state index contributed by atoms with van der Waals surface area (Å²) in [6, 6.07) is 19.7. The van der Waals surface area contributed by atoms with Gasteiger partial charge in [-0.2, -0.15) is 9.41 Å². The largest absolute Gasteiger partial charge is 0.507 e. The van der Waals surface area contributed by atoms with Crippen LogP contribution in [-0.4, -0.2) is 43.6 Å². The van der Waals surface area contributed by atoms with Crippen LogP contribution < -0.4 is 10.2 Å². The van der Waals surface area contributed by atoms with E-state index in [2.05, 4.69) is 26.5 Å². The Bertz CT molecular complexity index is 1230. The van der Waals surface area contributed by atoms with E-state index in [1.807, 2.05) is 6.07 Å². The number of nitrogens with one attached hydrogen (secondary N) is 1. The predicted octanol–water partition coefficient (Wildman–Crippen LogP) is 3.50. The molecule has 3 aromatic rings. The number of hydrogen-bond donors (Lipinski definition) is 2. The van der Waals surface area contributed by atoms with E-state index < -0.39 is 22.5 Å². The molecule has 0 unspecified atom stereocenters. The van der Waals surface area contributed by atoms with Crippen molar-refractivity contribution >= 4 is 38.1 Å². The van der Waals surface area contributed by atoms with Gasteiger partial charge in [0.15, 0.2) is 0 Å². The number of carbonyl (C=O) groups excluding carboxylic acids is 1. The summed E-state index contributed by atoms with van der Waals surface area (Å²) in [5.74, 6) is -0.121. The van der Waals surface area contributed by atoms with Crippen LogP contribution in [0.5, 0.6) is 11.5 Å². The molecule has 0 aliphatic rings. The topological polar surface area (TPSA) is 108 Å². The van der Waals surface area contributed by atoms with Gasteiger partial charge in [0.1, 0.15) is 11.5 Å². The fourth-order valence-corrected chi connectivity index (χ4v) is 4.67. The first-order chi connectivity index (χ1) is 15.8. The van der Waals surface area contributed by atoms with Crippen molar-refractivity contribution in [2.75, 3.05) is 13.7 Å². The van der Waals surface area contributed by atoms with E-state index in [1.54, 1.807) is 48.5 Å². The van der Waals surface area contributed by atoms with Gasteiger partial charge >= 0.3 is 0 Å². The summed E-state index contributed by atoms with van der Waals surface area (Å²) >= 11 is 3.29. The van der Waals surface area contributed by atoms with Crippen molar-refractivity contribution in [1.29, 1.82) is 0 Å². The summed E-state index contributed by atoms with van der Waals surface area (Å²) in [5.41, 5.74) is 3.43. The Hall–Kier alpha value is -3.21. The Morgan fingerprint density at radius 1 is 1.12 bits per heavy atom. The van der Waals surface area contributed by atoms with Crippen LogP contribution in [0.4, 0.5) is 0 Å². The van der Waals surface area contributed by atoms with Gasteiger partial charge in [0, 0.05) is 16.6 Å². The molecule has 33 heavy (non-hydrogen) atoms. The lowest BCUT2D eigenvalue weighted by Crippen LogP contribution is -2.39. The number of benzene rings is 3. The zero-order valence-corrected chi connectivity index (χ0v) is 20.1. The number of rotatable bonds is 9. The van der Waals surface area contributed by atoms with Gasteiger partial charge in [-0.25, -0.2) is 13.8 Å². The summed E-state index contributed by atoms with van der Waals surface area (Å²) in [4.78, 5) is 12.6. The van der Waals surface area contributed by atoms with Crippen LogP contribution in [0.25, 0.3) is 0 Å². The Labute approximate surface area is 200 Å². The maximum atomic E-state index is 13.3. The number of hydrazone groups is 1. The van der Waals surface area contributed by atoms with Gasteiger partial charge in [-0.15, -0.1) is 0 Å². The number of aromatic hydroxyl groups is 1. The standard InChI is InChI=1S/C23H22BrN3O5S/c1-32-20-8-10-21(11-9-20)33(30,31)27(15-17-5-3-2-4-6-17)16-23(29)26-25-14-18-13-19(24)7-12-22(18)28/h2-14,28H,15-16H2,1H3,(H,26,29)/b25-14-. The Morgan fingerprint density at radius 2 is 1.82 bits per heavy atom. The first-order valence-corrected chi connectivity index (χ1v) is 12.0. The molecule has 0 fully saturated rings. The molecule has 8 nitrogen and oxygen atoms in total. The molecule has 1 amide bonds. The van der Waals surface area contributed by atoms with Crippen LogP contribution in [-0.2, 0) is 21.4 Å². The Balaban J connectivity index is 1.79. The summed E-state index contributed by atoms with van der Waals surface area (Å²) in [6.07, 6.45) is 1.28. The van der Waals surface area contributed by atoms with E-state index in [-0.39, 0.29) is 17.2 Å². The Kier molecular flexibility index (Phi) is 8.21. The SMILES string of the molecule is COc1ccc(S(=O)(=O)N(CC(=O)N/N=C\c2cc(Br)ccc2O)Cc2ccccc2)cc1. The quantitative estimate of drug-likeness (QED) is 0.324. The number of carbonyl (C=O) groups is 1. The summed E-state index contributed by atoms with van der Waals surface area (Å²) in [6.45, 7) is -0.455. The third-order valence-electron chi connectivity index (χ3n) is 4.60. The lowest BCUT2D eigenvalue weighted by Gasteiger charge is -2.21. The minimum atomic E-state index is -3.99. The van der Waals surface area contributed by atoms with Crippen molar-refractivity contribution in [3.05, 3.63) is 88.4 Å². The van der Waals surface area contributed by atoms with E-state index in [0.29, 0.717) is 11.3 Å². The minimum Gasteiger partial charge on any atom is -0.507 e. The average Bonchev–Trinajstić information content (AvgIpc) is 2.81. The lowest BCUT2D eigenvalue weighted by molar-refractivity contribution is -0.121. The highest BCUT2D eigenvalue weighted by atomic mass is 79.9. The van der Waals surface area contributed by atoms with Gasteiger partial charge in [0.2, 0.25) is 10.0 Å². The molecule has 0 aliphatic heterocycles. The third kappa shape index (κ3) is 6.64. The molecule has 0 bridgehead atoms. The molecule has 2 N–H and O–H groups in total. The average molecular weight is 532 g/mol. The number of amides is 1. The van der Waals surface area contributed by atoms with Crippen LogP contribution >= 0.6 is 15.9 Å². The molecule has 10 heteroatoms. The van der Waals surface area contributed by atoms with E-state index in [9.17, 15) is 18.3 Å². The smallest absolute Gasteiger partial charge is 0.255 e. The first kappa shape index (κ1) is 24.4. The second-order valence-electron chi connectivity index (χ2n) is 6.93. The highest BCUT2D eigenvalue weighted by Crippen LogP contribution is 2.22. The minimum absolute atomic E-state index is 0.00123. The van der Waals surface area contributed by atoms with E-state index in [0.717, 1.165) is 14.3 Å². The van der Waals surface area contributed by atoms with Crippen LogP contribution in [0.1, 0.15) is 11.1 Å². The number of phenolic OH excluding ortho intramolecular Hbond substituents is 1. The number of nitrogens with zero attached hydrogens (tertiary/aromatic N) is 2. The van der Waals surface area contributed by atoms with Gasteiger partial charge in [-0.05, 0) is 48.0 Å². The zero-order chi connectivity index (χ0) is 23.8. The molecule has 0 spiro atoms. The number of phenols is 1. The molecule has 0 heterocycles. The highest BCUT2D eigenvalue weighted by Gasteiger charge is 2.27. The second kappa shape index (κ2) is 11.1. The number of sulfonamides is 1. The van der Waals surface area contributed by atoms with Gasteiger partial charge < -0.3 is 9.84 Å². The summed E-state index contributed by atoms with van der Waals surface area (Å²) in [7, 11) is -2.50. The molecule has 0 atom stereocenters. The van der Waals surface area contributed by atoms with E-state index in [1.165, 1.54) is 31.5 Å². The number of halogens is 1. The van der Waals surface area contributed by atoms with Crippen LogP contribution in [0.3, 0.4) is 0 Å². The molecule has 3 aromatic carbocycles. The fourth-order valence-electron chi connectivity index (χ4n) is 2.91. The van der Waals surface area contributed by atoms with Crippen molar-refractivity contribution in [3.63, 3.8) is 0 Å². The first-order valence-electron chi connectivity index (χ1n) is 9.78. The van der Waals surface area contributed by atoms with Gasteiger partial charge in [-0.3, -0.25) is 4.79 Å². The van der Waals surface area contributed by atoms with Gasteiger partial charge in [0.25, 0.3) is 5.91 Å².